The van der Waals surface area contributed by atoms with Gasteiger partial charge in [-0.05, 0) is 48.2 Å². The maximum absolute atomic E-state index is 13.5. The third kappa shape index (κ3) is 4.45. The number of carbonyl (C=O) groups excluding carboxylic acids is 1. The standard InChI is InChI=1S/C22H17ClFN3O3S/c23-17-8-7-14(24)12-18(17)25-20(28)13-27-19-6-2-1-5-16(19)21(29)26(22(27)30)10-9-15-4-3-11-31-15/h1-8,11-12H,9-10,13H2,(H,25,28). The molecular formula is C22H17ClFN3O3S. The Kier molecular flexibility index (Phi) is 6.01. The number of benzene rings is 2. The van der Waals surface area contributed by atoms with Crippen molar-refractivity contribution in [1.29, 1.82) is 0 Å². The molecule has 0 saturated heterocycles. The van der Waals surface area contributed by atoms with Crippen LogP contribution in [-0.4, -0.2) is 15.0 Å². The number of carbonyl (C=O) groups is 1. The first-order chi connectivity index (χ1) is 14.9. The molecule has 0 radical (unpaired) electrons. The van der Waals surface area contributed by atoms with Gasteiger partial charge < -0.3 is 5.32 Å². The summed E-state index contributed by atoms with van der Waals surface area (Å²) in [6.07, 6.45) is 0.524. The van der Waals surface area contributed by atoms with E-state index in [0.717, 1.165) is 15.5 Å². The molecule has 1 amide bonds. The molecule has 2 aromatic heterocycles. The van der Waals surface area contributed by atoms with Gasteiger partial charge in [-0.15, -0.1) is 11.3 Å². The first-order valence-corrected chi connectivity index (χ1v) is 10.7. The number of para-hydroxylation sites is 1. The summed E-state index contributed by atoms with van der Waals surface area (Å²) >= 11 is 7.56. The first kappa shape index (κ1) is 21.0. The predicted octanol–water partition coefficient (Wildman–Crippen LogP) is 3.90. The highest BCUT2D eigenvalue weighted by atomic mass is 35.5. The topological polar surface area (TPSA) is 73.1 Å². The average Bonchev–Trinajstić information content (AvgIpc) is 3.27. The summed E-state index contributed by atoms with van der Waals surface area (Å²) in [7, 11) is 0. The van der Waals surface area contributed by atoms with Crippen LogP contribution in [0.15, 0.2) is 69.6 Å². The molecule has 0 aliphatic carbocycles. The Morgan fingerprint density at radius 2 is 1.87 bits per heavy atom. The van der Waals surface area contributed by atoms with Gasteiger partial charge in [-0.1, -0.05) is 29.8 Å². The minimum Gasteiger partial charge on any atom is -0.323 e. The van der Waals surface area contributed by atoms with E-state index in [0.29, 0.717) is 17.3 Å². The Labute approximate surface area is 185 Å². The number of nitrogens with zero attached hydrogens (tertiary/aromatic N) is 2. The van der Waals surface area contributed by atoms with Gasteiger partial charge in [0.25, 0.3) is 5.56 Å². The number of nitrogens with one attached hydrogen (secondary N) is 1. The van der Waals surface area contributed by atoms with Gasteiger partial charge in [-0.25, -0.2) is 9.18 Å². The number of thiophene rings is 1. The van der Waals surface area contributed by atoms with Crippen LogP contribution in [0.2, 0.25) is 5.02 Å². The lowest BCUT2D eigenvalue weighted by molar-refractivity contribution is -0.116. The smallest absolute Gasteiger partial charge is 0.323 e. The van der Waals surface area contributed by atoms with Crippen molar-refractivity contribution in [2.24, 2.45) is 0 Å². The largest absolute Gasteiger partial charge is 0.331 e. The third-order valence-electron chi connectivity index (χ3n) is 4.80. The molecular weight excluding hydrogens is 441 g/mol. The molecule has 0 aliphatic rings. The van der Waals surface area contributed by atoms with Crippen molar-refractivity contribution in [3.8, 4) is 0 Å². The molecule has 158 valence electrons. The first-order valence-electron chi connectivity index (χ1n) is 9.43. The Morgan fingerprint density at radius 3 is 2.65 bits per heavy atom. The van der Waals surface area contributed by atoms with Crippen LogP contribution in [0.1, 0.15) is 4.88 Å². The van der Waals surface area contributed by atoms with Crippen LogP contribution in [0.3, 0.4) is 0 Å². The zero-order valence-corrected chi connectivity index (χ0v) is 17.8. The van der Waals surface area contributed by atoms with Gasteiger partial charge in [0, 0.05) is 11.4 Å². The second-order valence-corrected chi connectivity index (χ2v) is 8.28. The van der Waals surface area contributed by atoms with E-state index in [9.17, 15) is 18.8 Å². The van der Waals surface area contributed by atoms with E-state index in [4.69, 9.17) is 11.6 Å². The minimum absolute atomic E-state index is 0.107. The quantitative estimate of drug-likeness (QED) is 0.477. The zero-order valence-electron chi connectivity index (χ0n) is 16.2. The number of aryl methyl sites for hydroxylation is 1. The fourth-order valence-corrected chi connectivity index (χ4v) is 4.19. The van der Waals surface area contributed by atoms with Crippen molar-refractivity contribution in [1.82, 2.24) is 9.13 Å². The summed E-state index contributed by atoms with van der Waals surface area (Å²) < 4.78 is 15.9. The second-order valence-electron chi connectivity index (χ2n) is 6.84. The summed E-state index contributed by atoms with van der Waals surface area (Å²) in [4.78, 5) is 39.7. The van der Waals surface area contributed by atoms with Crippen LogP contribution in [-0.2, 0) is 24.3 Å². The van der Waals surface area contributed by atoms with Crippen LogP contribution in [0.4, 0.5) is 10.1 Å². The Bertz CT molecular complexity index is 1380. The van der Waals surface area contributed by atoms with Crippen molar-refractivity contribution in [2.75, 3.05) is 5.32 Å². The van der Waals surface area contributed by atoms with E-state index in [1.807, 2.05) is 17.5 Å². The number of halogens is 2. The molecule has 9 heteroatoms. The predicted molar refractivity (Wildman–Crippen MR) is 121 cm³/mol. The molecule has 0 spiro atoms. The molecule has 0 saturated carbocycles. The molecule has 0 fully saturated rings. The minimum atomic E-state index is -0.583. The lowest BCUT2D eigenvalue weighted by Crippen LogP contribution is -2.42. The van der Waals surface area contributed by atoms with Gasteiger partial charge in [-0.3, -0.25) is 18.7 Å². The Morgan fingerprint density at radius 1 is 1.06 bits per heavy atom. The van der Waals surface area contributed by atoms with Crippen molar-refractivity contribution < 1.29 is 9.18 Å². The lowest BCUT2D eigenvalue weighted by atomic mass is 10.2. The molecule has 4 aromatic rings. The number of hydrogen-bond acceptors (Lipinski definition) is 4. The molecule has 0 aliphatic heterocycles. The lowest BCUT2D eigenvalue weighted by Gasteiger charge is -2.14. The van der Waals surface area contributed by atoms with Crippen molar-refractivity contribution in [3.63, 3.8) is 0 Å². The van der Waals surface area contributed by atoms with E-state index in [1.165, 1.54) is 16.7 Å². The third-order valence-corrected chi connectivity index (χ3v) is 6.06. The molecule has 2 heterocycles. The number of hydrogen-bond donors (Lipinski definition) is 1. The zero-order chi connectivity index (χ0) is 22.0. The van der Waals surface area contributed by atoms with Crippen molar-refractivity contribution >= 4 is 45.4 Å². The summed E-state index contributed by atoms with van der Waals surface area (Å²) in [5.41, 5.74) is -0.525. The highest BCUT2D eigenvalue weighted by Gasteiger charge is 2.16. The highest BCUT2D eigenvalue weighted by molar-refractivity contribution is 7.09. The number of fused-ring (bicyclic) bond motifs is 1. The number of amides is 1. The molecule has 31 heavy (non-hydrogen) atoms. The van der Waals surface area contributed by atoms with E-state index in [1.54, 1.807) is 35.6 Å². The Hall–Kier alpha value is -3.23. The van der Waals surface area contributed by atoms with Crippen LogP contribution >= 0.6 is 22.9 Å². The van der Waals surface area contributed by atoms with E-state index >= 15 is 0 Å². The summed E-state index contributed by atoms with van der Waals surface area (Å²) in [6, 6.07) is 14.1. The van der Waals surface area contributed by atoms with Crippen LogP contribution < -0.4 is 16.6 Å². The summed E-state index contributed by atoms with van der Waals surface area (Å²) in [5.74, 6) is -1.12. The highest BCUT2D eigenvalue weighted by Crippen LogP contribution is 2.22. The Balaban J connectivity index is 1.70. The van der Waals surface area contributed by atoms with Gasteiger partial charge in [-0.2, -0.15) is 0 Å². The SMILES string of the molecule is O=C(Cn1c(=O)n(CCc2cccs2)c(=O)c2ccccc21)Nc1cc(F)ccc1Cl. The molecule has 2 aromatic carbocycles. The molecule has 6 nitrogen and oxygen atoms in total. The second kappa shape index (κ2) is 8.87. The van der Waals surface area contributed by atoms with Crippen LogP contribution in [0.25, 0.3) is 10.9 Å². The maximum Gasteiger partial charge on any atom is 0.331 e. The van der Waals surface area contributed by atoms with Crippen LogP contribution in [0, 0.1) is 5.82 Å². The monoisotopic (exact) mass is 457 g/mol. The van der Waals surface area contributed by atoms with Crippen molar-refractivity contribution in [3.05, 3.63) is 96.5 Å². The van der Waals surface area contributed by atoms with Crippen LogP contribution in [0.5, 0.6) is 0 Å². The molecule has 0 atom stereocenters. The van der Waals surface area contributed by atoms with Gasteiger partial charge in [0.1, 0.15) is 12.4 Å². The molecule has 0 unspecified atom stereocenters. The van der Waals surface area contributed by atoms with Gasteiger partial charge >= 0.3 is 5.69 Å². The fourth-order valence-electron chi connectivity index (χ4n) is 3.32. The van der Waals surface area contributed by atoms with E-state index in [2.05, 4.69) is 5.32 Å². The van der Waals surface area contributed by atoms with Gasteiger partial charge in [0.15, 0.2) is 0 Å². The molecule has 0 bridgehead atoms. The van der Waals surface area contributed by atoms with E-state index < -0.39 is 23.0 Å². The van der Waals surface area contributed by atoms with Gasteiger partial charge in [0.05, 0.1) is 21.6 Å². The fraction of sp³-hybridized carbons (Fsp3) is 0.136. The number of anilines is 1. The summed E-state index contributed by atoms with van der Waals surface area (Å²) in [5, 5.41) is 4.96. The van der Waals surface area contributed by atoms with Gasteiger partial charge in [0.2, 0.25) is 5.91 Å². The average molecular weight is 458 g/mol. The van der Waals surface area contributed by atoms with Crippen molar-refractivity contribution in [2.45, 2.75) is 19.5 Å². The van der Waals surface area contributed by atoms with E-state index in [-0.39, 0.29) is 23.8 Å². The summed E-state index contributed by atoms with van der Waals surface area (Å²) in [6.45, 7) is -0.161. The normalized spacial score (nSPS) is 11.0. The number of rotatable bonds is 6. The molecule has 1 N–H and O–H groups in total. The maximum atomic E-state index is 13.5. The molecule has 4 rings (SSSR count). The number of aromatic nitrogens is 2.